The standard InChI is InChI=1S/C23H26N2O3/c1-28-20-10-6-17(7-11-20)15-24-12-13-25(16-23(24)27)22(26)14-19-9-8-18-4-2-3-5-21(18)19/h2-7,10-11,19H,8-9,12-16H2,1H3/t19-/m1/s1. The van der Waals surface area contributed by atoms with Crippen LogP contribution in [-0.4, -0.2) is 48.4 Å². The maximum atomic E-state index is 12.8. The summed E-state index contributed by atoms with van der Waals surface area (Å²) in [5.74, 6) is 1.21. The average Bonchev–Trinajstić information content (AvgIpc) is 3.13. The van der Waals surface area contributed by atoms with E-state index in [0.29, 0.717) is 26.1 Å². The first kappa shape index (κ1) is 18.5. The van der Waals surface area contributed by atoms with Crippen LogP contribution in [0.15, 0.2) is 48.5 Å². The number of methoxy groups -OCH3 is 1. The van der Waals surface area contributed by atoms with E-state index in [0.717, 1.165) is 24.2 Å². The van der Waals surface area contributed by atoms with Gasteiger partial charge in [0, 0.05) is 26.1 Å². The van der Waals surface area contributed by atoms with Crippen LogP contribution in [0.1, 0.15) is 35.4 Å². The molecule has 2 aromatic carbocycles. The average molecular weight is 378 g/mol. The molecule has 0 saturated carbocycles. The predicted octanol–water partition coefficient (Wildman–Crippen LogP) is 2.99. The second-order valence-electron chi connectivity index (χ2n) is 7.62. The summed E-state index contributed by atoms with van der Waals surface area (Å²) in [6, 6.07) is 16.1. The van der Waals surface area contributed by atoms with Gasteiger partial charge in [0.1, 0.15) is 5.75 Å². The van der Waals surface area contributed by atoms with Crippen LogP contribution in [0.25, 0.3) is 0 Å². The number of nitrogens with zero attached hydrogens (tertiary/aromatic N) is 2. The van der Waals surface area contributed by atoms with E-state index in [1.165, 1.54) is 11.1 Å². The second-order valence-corrected chi connectivity index (χ2v) is 7.62. The van der Waals surface area contributed by atoms with E-state index in [1.54, 1.807) is 12.0 Å². The normalized spacial score (nSPS) is 18.9. The van der Waals surface area contributed by atoms with Gasteiger partial charge in [-0.25, -0.2) is 0 Å². The smallest absolute Gasteiger partial charge is 0.242 e. The van der Waals surface area contributed by atoms with Gasteiger partial charge in [0.05, 0.1) is 13.7 Å². The maximum absolute atomic E-state index is 12.8. The molecule has 1 fully saturated rings. The summed E-state index contributed by atoms with van der Waals surface area (Å²) in [7, 11) is 1.64. The maximum Gasteiger partial charge on any atom is 0.242 e. The molecule has 0 N–H and O–H groups in total. The Morgan fingerprint density at radius 1 is 1.11 bits per heavy atom. The van der Waals surface area contributed by atoms with Crippen LogP contribution in [-0.2, 0) is 22.6 Å². The van der Waals surface area contributed by atoms with Gasteiger partial charge in [0.15, 0.2) is 0 Å². The molecule has 5 nitrogen and oxygen atoms in total. The number of ether oxygens (including phenoxy) is 1. The fraction of sp³-hybridized carbons (Fsp3) is 0.391. The largest absolute Gasteiger partial charge is 0.497 e. The summed E-state index contributed by atoms with van der Waals surface area (Å²) >= 11 is 0. The molecule has 28 heavy (non-hydrogen) atoms. The first-order chi connectivity index (χ1) is 13.6. The predicted molar refractivity (Wildman–Crippen MR) is 107 cm³/mol. The van der Waals surface area contributed by atoms with Gasteiger partial charge in [0.2, 0.25) is 11.8 Å². The van der Waals surface area contributed by atoms with E-state index < -0.39 is 0 Å². The van der Waals surface area contributed by atoms with Crippen molar-refractivity contribution in [2.75, 3.05) is 26.7 Å². The van der Waals surface area contributed by atoms with Crippen LogP contribution in [0.5, 0.6) is 5.75 Å². The molecule has 2 aliphatic rings. The van der Waals surface area contributed by atoms with Gasteiger partial charge in [-0.2, -0.15) is 0 Å². The van der Waals surface area contributed by atoms with Crippen molar-refractivity contribution in [3.05, 3.63) is 65.2 Å². The van der Waals surface area contributed by atoms with Crippen LogP contribution in [0.4, 0.5) is 0 Å². The van der Waals surface area contributed by atoms with Crippen molar-refractivity contribution in [1.29, 1.82) is 0 Å². The molecule has 4 rings (SSSR count). The van der Waals surface area contributed by atoms with Gasteiger partial charge in [-0.1, -0.05) is 36.4 Å². The molecule has 1 saturated heterocycles. The Balaban J connectivity index is 1.32. The second kappa shape index (κ2) is 8.05. The topological polar surface area (TPSA) is 49.9 Å². The third-order valence-electron chi connectivity index (χ3n) is 5.88. The van der Waals surface area contributed by atoms with Crippen molar-refractivity contribution in [2.45, 2.75) is 31.7 Å². The van der Waals surface area contributed by atoms with Crippen molar-refractivity contribution in [1.82, 2.24) is 9.80 Å². The van der Waals surface area contributed by atoms with E-state index in [2.05, 4.69) is 18.2 Å². The molecule has 1 aliphatic carbocycles. The van der Waals surface area contributed by atoms with Crippen molar-refractivity contribution in [2.24, 2.45) is 0 Å². The van der Waals surface area contributed by atoms with E-state index in [9.17, 15) is 9.59 Å². The van der Waals surface area contributed by atoms with Crippen molar-refractivity contribution in [3.63, 3.8) is 0 Å². The number of hydrogen-bond donors (Lipinski definition) is 0. The molecular weight excluding hydrogens is 352 g/mol. The quantitative estimate of drug-likeness (QED) is 0.804. The van der Waals surface area contributed by atoms with Crippen LogP contribution in [0.3, 0.4) is 0 Å². The van der Waals surface area contributed by atoms with Crippen molar-refractivity contribution in [3.8, 4) is 5.75 Å². The van der Waals surface area contributed by atoms with E-state index in [1.807, 2.05) is 35.2 Å². The van der Waals surface area contributed by atoms with Crippen LogP contribution in [0, 0.1) is 0 Å². The lowest BCUT2D eigenvalue weighted by molar-refractivity contribution is -0.145. The lowest BCUT2D eigenvalue weighted by Gasteiger charge is -2.35. The SMILES string of the molecule is COc1ccc(CN2CCN(C(=O)C[C@H]3CCc4ccccc43)CC2=O)cc1. The highest BCUT2D eigenvalue weighted by Gasteiger charge is 2.30. The number of amides is 2. The Labute approximate surface area is 165 Å². The molecular formula is C23H26N2O3. The zero-order valence-electron chi connectivity index (χ0n) is 16.3. The zero-order chi connectivity index (χ0) is 19.5. The molecule has 146 valence electrons. The number of carbonyl (C=O) groups is 2. The highest BCUT2D eigenvalue weighted by molar-refractivity contribution is 5.86. The number of rotatable bonds is 5. The first-order valence-electron chi connectivity index (χ1n) is 9.90. The molecule has 1 aliphatic heterocycles. The Hall–Kier alpha value is -2.82. The molecule has 0 aromatic heterocycles. The third-order valence-corrected chi connectivity index (χ3v) is 5.88. The van der Waals surface area contributed by atoms with Crippen LogP contribution < -0.4 is 4.74 Å². The van der Waals surface area contributed by atoms with Crippen LogP contribution in [0.2, 0.25) is 0 Å². The van der Waals surface area contributed by atoms with E-state index >= 15 is 0 Å². The van der Waals surface area contributed by atoms with Gasteiger partial charge in [-0.15, -0.1) is 0 Å². The summed E-state index contributed by atoms with van der Waals surface area (Å²) in [5.41, 5.74) is 3.73. The summed E-state index contributed by atoms with van der Waals surface area (Å²) in [4.78, 5) is 28.9. The summed E-state index contributed by atoms with van der Waals surface area (Å²) in [5, 5.41) is 0. The van der Waals surface area contributed by atoms with Gasteiger partial charge >= 0.3 is 0 Å². The Bertz CT molecular complexity index is 862. The molecule has 0 unspecified atom stereocenters. The number of hydrogen-bond acceptors (Lipinski definition) is 3. The van der Waals surface area contributed by atoms with Gasteiger partial charge in [0.25, 0.3) is 0 Å². The molecule has 1 heterocycles. The highest BCUT2D eigenvalue weighted by atomic mass is 16.5. The molecule has 2 aromatic rings. The molecule has 0 bridgehead atoms. The molecule has 2 amide bonds. The summed E-state index contributed by atoms with van der Waals surface area (Å²) in [6.45, 7) is 1.94. The zero-order valence-corrected chi connectivity index (χ0v) is 16.3. The molecule has 0 radical (unpaired) electrons. The first-order valence-corrected chi connectivity index (χ1v) is 9.90. The summed E-state index contributed by atoms with van der Waals surface area (Å²) < 4.78 is 5.17. The number of fused-ring (bicyclic) bond motifs is 1. The summed E-state index contributed by atoms with van der Waals surface area (Å²) in [6.07, 6.45) is 2.57. The van der Waals surface area contributed by atoms with Crippen molar-refractivity contribution < 1.29 is 14.3 Å². The fourth-order valence-electron chi connectivity index (χ4n) is 4.24. The highest BCUT2D eigenvalue weighted by Crippen LogP contribution is 2.35. The Morgan fingerprint density at radius 3 is 2.64 bits per heavy atom. The number of piperazine rings is 1. The van der Waals surface area contributed by atoms with Gasteiger partial charge < -0.3 is 14.5 Å². The minimum atomic E-state index is 0.0160. The van der Waals surface area contributed by atoms with Gasteiger partial charge in [-0.05, 0) is 47.6 Å². The van der Waals surface area contributed by atoms with E-state index in [4.69, 9.17) is 4.74 Å². The van der Waals surface area contributed by atoms with Crippen molar-refractivity contribution >= 4 is 11.8 Å². The third kappa shape index (κ3) is 3.88. The Morgan fingerprint density at radius 2 is 1.89 bits per heavy atom. The lowest BCUT2D eigenvalue weighted by Crippen LogP contribution is -2.51. The lowest BCUT2D eigenvalue weighted by atomic mass is 9.97. The minimum absolute atomic E-state index is 0.0160. The minimum Gasteiger partial charge on any atom is -0.497 e. The number of benzene rings is 2. The molecule has 5 heteroatoms. The fourth-order valence-corrected chi connectivity index (χ4v) is 4.24. The molecule has 0 spiro atoms. The van der Waals surface area contributed by atoms with E-state index in [-0.39, 0.29) is 24.3 Å². The number of carbonyl (C=O) groups excluding carboxylic acids is 2. The monoisotopic (exact) mass is 378 g/mol. The van der Waals surface area contributed by atoms with Gasteiger partial charge in [-0.3, -0.25) is 9.59 Å². The number of aryl methyl sites for hydroxylation is 1. The Kier molecular flexibility index (Phi) is 5.33. The molecule has 1 atom stereocenters. The van der Waals surface area contributed by atoms with Crippen LogP contribution >= 0.6 is 0 Å².